The first kappa shape index (κ1) is 5.32. The van der Waals surface area contributed by atoms with Crippen LogP contribution in [0.25, 0.3) is 0 Å². The van der Waals surface area contributed by atoms with Crippen LogP contribution in [0, 0.1) is 0 Å². The van der Waals surface area contributed by atoms with E-state index < -0.39 is 0 Å². The van der Waals surface area contributed by atoms with E-state index in [1.165, 1.54) is 12.4 Å². The normalized spacial score (nSPS) is 20.9. The average molecular weight is 116 g/mol. The Labute approximate surface area is 46.6 Å². The molecule has 1 rings (SSSR count). The molecule has 0 amide bonds. The summed E-state index contributed by atoms with van der Waals surface area (Å²) in [6.07, 6.45) is 3.06. The van der Waals surface area contributed by atoms with Crippen LogP contribution in [0.1, 0.15) is 0 Å². The van der Waals surface area contributed by atoms with Crippen LogP contribution in [-0.4, -0.2) is 15.5 Å². The fourth-order valence-corrected chi connectivity index (χ4v) is 0.392. The van der Waals surface area contributed by atoms with Gasteiger partial charge in [0.25, 0.3) is 0 Å². The largest absolute Gasteiger partial charge is 0.230 e. The van der Waals surface area contributed by atoms with Gasteiger partial charge in [0.05, 0.1) is 12.4 Å². The first-order chi connectivity index (χ1) is 3.72. The van der Waals surface area contributed by atoms with Crippen LogP contribution in [0.4, 0.5) is 0 Å². The number of nitrogens with zero attached hydrogens (tertiary/aromatic N) is 3. The van der Waals surface area contributed by atoms with Gasteiger partial charge < -0.3 is 0 Å². The average Bonchev–Trinajstić information content (AvgIpc) is 1.98. The molecule has 0 radical (unpaired) electrons. The van der Waals surface area contributed by atoms with Crippen molar-refractivity contribution in [2.75, 3.05) is 0 Å². The Hall–Kier alpha value is -0.820. The lowest BCUT2D eigenvalue weighted by Crippen LogP contribution is -2.54. The lowest BCUT2D eigenvalue weighted by molar-refractivity contribution is -0.115. The predicted molar refractivity (Wildman–Crippen MR) is 27.2 cm³/mol. The fraction of sp³-hybridized carbons (Fsp3) is 0. The molecule has 0 spiro atoms. The van der Waals surface area contributed by atoms with E-state index >= 15 is 0 Å². The number of hydrogen-bond donors (Lipinski definition) is 3. The molecule has 0 aliphatic carbocycles. The van der Waals surface area contributed by atoms with Crippen molar-refractivity contribution >= 4 is 0 Å². The van der Waals surface area contributed by atoms with E-state index in [2.05, 4.69) is 0 Å². The van der Waals surface area contributed by atoms with Crippen LogP contribution < -0.4 is 17.5 Å². The first-order valence-electron chi connectivity index (χ1n) is 2.02. The Morgan fingerprint density at radius 1 is 0.875 bits per heavy atom. The minimum Gasteiger partial charge on any atom is -0.230 e. The van der Waals surface area contributed by atoms with Crippen LogP contribution >= 0.6 is 0 Å². The third kappa shape index (κ3) is 0.610. The number of hydrazine groups is 5. The quantitative estimate of drug-likeness (QED) is 0.312. The van der Waals surface area contributed by atoms with Gasteiger partial charge in [-0.05, 0) is 5.23 Å². The monoisotopic (exact) mass is 116 g/mol. The molecule has 46 valence electrons. The highest BCUT2D eigenvalue weighted by Gasteiger charge is 2.12. The lowest BCUT2D eigenvalue weighted by Gasteiger charge is -2.23. The maximum absolute atomic E-state index is 5.19. The van der Waals surface area contributed by atoms with Gasteiger partial charge >= 0.3 is 0 Å². The molecule has 0 saturated carbocycles. The predicted octanol–water partition coefficient (Wildman–Crippen LogP) is -2.17. The molecule has 1 heterocycles. The number of hydrogen-bond acceptors (Lipinski definition) is 6. The van der Waals surface area contributed by atoms with E-state index in [9.17, 15) is 0 Å². The zero-order valence-electron chi connectivity index (χ0n) is 4.23. The molecule has 0 bridgehead atoms. The molecule has 1 aliphatic heterocycles. The fourth-order valence-electron chi connectivity index (χ4n) is 0.392. The SMILES string of the molecule is NN1C=CN(N)N1N. The van der Waals surface area contributed by atoms with Crippen LogP contribution in [0.2, 0.25) is 0 Å². The van der Waals surface area contributed by atoms with Crippen molar-refractivity contribution in [3.8, 4) is 0 Å². The maximum Gasteiger partial charge on any atom is 0.0566 e. The number of nitrogens with two attached hydrogens (primary N) is 3. The smallest absolute Gasteiger partial charge is 0.0566 e. The van der Waals surface area contributed by atoms with Crippen LogP contribution in [0.3, 0.4) is 0 Å². The second-order valence-corrected chi connectivity index (χ2v) is 1.38. The summed E-state index contributed by atoms with van der Waals surface area (Å²) in [6, 6.07) is 0. The summed E-state index contributed by atoms with van der Waals surface area (Å²) in [6.45, 7) is 0. The molecule has 6 heteroatoms. The zero-order chi connectivity index (χ0) is 6.15. The third-order valence-corrected chi connectivity index (χ3v) is 0.845. The highest BCUT2D eigenvalue weighted by molar-refractivity contribution is 4.79. The molecule has 1 aliphatic rings. The Morgan fingerprint density at radius 2 is 1.25 bits per heavy atom. The van der Waals surface area contributed by atoms with E-state index in [4.69, 9.17) is 17.5 Å². The minimum absolute atomic E-state index is 1.06. The Bertz CT molecular complexity index is 97.1. The van der Waals surface area contributed by atoms with Gasteiger partial charge in [-0.2, -0.15) is 0 Å². The molecule has 6 nitrogen and oxygen atoms in total. The molecule has 0 aromatic carbocycles. The van der Waals surface area contributed by atoms with E-state index in [0.717, 1.165) is 15.5 Å². The molecular formula is C2H8N6. The van der Waals surface area contributed by atoms with E-state index in [1.807, 2.05) is 0 Å². The summed E-state index contributed by atoms with van der Waals surface area (Å²) in [5.74, 6) is 15.6. The molecule has 8 heavy (non-hydrogen) atoms. The van der Waals surface area contributed by atoms with Crippen molar-refractivity contribution in [2.24, 2.45) is 17.5 Å². The second kappa shape index (κ2) is 1.60. The summed E-state index contributed by atoms with van der Waals surface area (Å²) < 4.78 is 0. The third-order valence-electron chi connectivity index (χ3n) is 0.845. The Kier molecular flexibility index (Phi) is 1.06. The summed E-state index contributed by atoms with van der Waals surface area (Å²) in [4.78, 5) is 0. The van der Waals surface area contributed by atoms with Gasteiger partial charge in [-0.1, -0.05) is 0 Å². The summed E-state index contributed by atoms with van der Waals surface area (Å²) in [7, 11) is 0. The molecule has 0 unspecified atom stereocenters. The molecular weight excluding hydrogens is 108 g/mol. The van der Waals surface area contributed by atoms with Gasteiger partial charge in [-0.15, -0.1) is 0 Å². The topological polar surface area (TPSA) is 87.8 Å². The summed E-state index contributed by atoms with van der Waals surface area (Å²) in [5, 5.41) is 3.36. The zero-order valence-corrected chi connectivity index (χ0v) is 4.23. The van der Waals surface area contributed by atoms with Crippen molar-refractivity contribution in [2.45, 2.75) is 0 Å². The van der Waals surface area contributed by atoms with Crippen molar-refractivity contribution in [3.05, 3.63) is 12.4 Å². The van der Waals surface area contributed by atoms with Crippen molar-refractivity contribution < 1.29 is 0 Å². The van der Waals surface area contributed by atoms with Gasteiger partial charge in [0.2, 0.25) is 0 Å². The van der Waals surface area contributed by atoms with Crippen LogP contribution in [0.15, 0.2) is 12.4 Å². The van der Waals surface area contributed by atoms with Gasteiger partial charge in [-0.25, -0.2) is 27.8 Å². The second-order valence-electron chi connectivity index (χ2n) is 1.38. The molecule has 0 atom stereocenters. The standard InChI is InChI=1S/C2H8N6/c3-6-1-2-7(4)8(6)5/h1-2H,3-5H2. The van der Waals surface area contributed by atoms with Crippen LogP contribution in [0.5, 0.6) is 0 Å². The number of rotatable bonds is 0. The van der Waals surface area contributed by atoms with Gasteiger partial charge in [0.1, 0.15) is 0 Å². The molecule has 0 aromatic rings. The molecule has 0 aromatic heterocycles. The van der Waals surface area contributed by atoms with E-state index in [0.29, 0.717) is 0 Å². The Balaban J connectivity index is 2.55. The first-order valence-corrected chi connectivity index (χ1v) is 2.02. The molecule has 6 N–H and O–H groups in total. The molecule has 0 saturated heterocycles. The highest BCUT2D eigenvalue weighted by atomic mass is 16.1. The summed E-state index contributed by atoms with van der Waals surface area (Å²) >= 11 is 0. The van der Waals surface area contributed by atoms with Crippen molar-refractivity contribution in [3.63, 3.8) is 0 Å². The van der Waals surface area contributed by atoms with Crippen molar-refractivity contribution in [1.82, 2.24) is 15.5 Å². The van der Waals surface area contributed by atoms with Gasteiger partial charge in [0.15, 0.2) is 0 Å². The van der Waals surface area contributed by atoms with Gasteiger partial charge in [-0.3, -0.25) is 0 Å². The van der Waals surface area contributed by atoms with Gasteiger partial charge in [0, 0.05) is 0 Å². The highest BCUT2D eigenvalue weighted by Crippen LogP contribution is 1.96. The van der Waals surface area contributed by atoms with Crippen LogP contribution in [-0.2, 0) is 0 Å². The Morgan fingerprint density at radius 3 is 1.38 bits per heavy atom. The maximum atomic E-state index is 5.19. The minimum atomic E-state index is 1.06. The molecule has 0 fully saturated rings. The lowest BCUT2D eigenvalue weighted by atomic mass is 10.9. The van der Waals surface area contributed by atoms with E-state index in [1.54, 1.807) is 0 Å². The van der Waals surface area contributed by atoms with E-state index in [-0.39, 0.29) is 0 Å². The summed E-state index contributed by atoms with van der Waals surface area (Å²) in [5.41, 5.74) is 0. The van der Waals surface area contributed by atoms with Crippen molar-refractivity contribution in [1.29, 1.82) is 0 Å².